The van der Waals surface area contributed by atoms with Crippen molar-refractivity contribution in [1.82, 2.24) is 30.0 Å². The lowest BCUT2D eigenvalue weighted by Gasteiger charge is -2.43. The maximum atomic E-state index is 14.5. The van der Waals surface area contributed by atoms with Gasteiger partial charge in [0.25, 0.3) is 0 Å². The van der Waals surface area contributed by atoms with Gasteiger partial charge in [-0.3, -0.25) is 0 Å². The highest BCUT2D eigenvalue weighted by Gasteiger charge is 2.47. The SMILES string of the molecule is CO[C@@H]1[C@@H](n2cc(-c3ccc(Cl)c(F)c3F)nn2)[C@@H](O)[C@@H](CO)O[C@@H]1Cc1cn([C@@H]2CCOC[C@H]2F)nn1. The van der Waals surface area contributed by atoms with E-state index in [4.69, 9.17) is 25.8 Å². The van der Waals surface area contributed by atoms with Gasteiger partial charge in [0.2, 0.25) is 0 Å². The number of hydrogen-bond acceptors (Lipinski definition) is 9. The van der Waals surface area contributed by atoms with Crippen molar-refractivity contribution in [3.05, 3.63) is 46.9 Å². The van der Waals surface area contributed by atoms with Gasteiger partial charge in [-0.1, -0.05) is 22.0 Å². The van der Waals surface area contributed by atoms with Crippen molar-refractivity contribution in [2.75, 3.05) is 26.9 Å². The Labute approximate surface area is 220 Å². The number of ether oxygens (including phenoxy) is 3. The summed E-state index contributed by atoms with van der Waals surface area (Å²) in [6.07, 6.45) is -1.49. The van der Waals surface area contributed by atoms with Gasteiger partial charge in [0.05, 0.1) is 42.3 Å². The van der Waals surface area contributed by atoms with Crippen LogP contribution in [-0.2, 0) is 20.6 Å². The molecule has 0 aliphatic carbocycles. The number of aromatic nitrogens is 6. The molecule has 2 aliphatic heterocycles. The van der Waals surface area contributed by atoms with E-state index in [9.17, 15) is 23.4 Å². The third-order valence-corrected chi connectivity index (χ3v) is 7.21. The van der Waals surface area contributed by atoms with E-state index in [0.717, 1.165) is 0 Å². The van der Waals surface area contributed by atoms with Crippen molar-refractivity contribution in [3.63, 3.8) is 0 Å². The van der Waals surface area contributed by atoms with E-state index in [1.165, 1.54) is 34.8 Å². The Kier molecular flexibility index (Phi) is 7.98. The number of nitrogens with zero attached hydrogens (tertiary/aromatic N) is 6. The van der Waals surface area contributed by atoms with Gasteiger partial charge in [-0.05, 0) is 18.6 Å². The van der Waals surface area contributed by atoms with Crippen molar-refractivity contribution >= 4 is 11.6 Å². The Morgan fingerprint density at radius 1 is 1.13 bits per heavy atom. The lowest BCUT2D eigenvalue weighted by Crippen LogP contribution is -2.57. The fourth-order valence-corrected chi connectivity index (χ4v) is 5.11. The van der Waals surface area contributed by atoms with Crippen molar-refractivity contribution in [3.8, 4) is 11.3 Å². The molecule has 15 heteroatoms. The van der Waals surface area contributed by atoms with Crippen LogP contribution in [-0.4, -0.2) is 97.7 Å². The monoisotopic (exact) mass is 558 g/mol. The first-order chi connectivity index (χ1) is 18.3. The summed E-state index contributed by atoms with van der Waals surface area (Å²) in [7, 11) is 1.42. The van der Waals surface area contributed by atoms with Crippen LogP contribution in [0.1, 0.15) is 24.2 Å². The molecule has 2 aliphatic rings. The van der Waals surface area contributed by atoms with Crippen LogP contribution in [0, 0.1) is 11.6 Å². The summed E-state index contributed by atoms with van der Waals surface area (Å²) in [5.74, 6) is -2.40. The molecule has 0 radical (unpaired) electrons. The largest absolute Gasteiger partial charge is 0.394 e. The molecule has 2 aromatic heterocycles. The Hall–Kier alpha value is -2.62. The zero-order valence-corrected chi connectivity index (χ0v) is 21.0. The van der Waals surface area contributed by atoms with E-state index < -0.39 is 60.9 Å². The molecule has 38 heavy (non-hydrogen) atoms. The van der Waals surface area contributed by atoms with E-state index in [0.29, 0.717) is 18.7 Å². The highest BCUT2D eigenvalue weighted by Crippen LogP contribution is 2.35. The fraction of sp³-hybridized carbons (Fsp3) is 0.565. The highest BCUT2D eigenvalue weighted by atomic mass is 35.5. The van der Waals surface area contributed by atoms with Gasteiger partial charge in [0.15, 0.2) is 11.6 Å². The Bertz CT molecular complexity index is 1260. The summed E-state index contributed by atoms with van der Waals surface area (Å²) in [5, 5.41) is 36.7. The molecular formula is C23H26ClF3N6O5. The second-order valence-electron chi connectivity index (χ2n) is 9.22. The van der Waals surface area contributed by atoms with Gasteiger partial charge in [-0.15, -0.1) is 10.2 Å². The summed E-state index contributed by atoms with van der Waals surface area (Å²) in [6, 6.07) is 1.05. The average molecular weight is 559 g/mol. The second kappa shape index (κ2) is 11.2. The van der Waals surface area contributed by atoms with Gasteiger partial charge in [-0.25, -0.2) is 22.5 Å². The fourth-order valence-electron chi connectivity index (χ4n) is 4.96. The lowest BCUT2D eigenvalue weighted by molar-refractivity contribution is -0.212. The van der Waals surface area contributed by atoms with Gasteiger partial charge in [0, 0.05) is 31.9 Å². The molecule has 11 nitrogen and oxygen atoms in total. The minimum absolute atomic E-state index is 0.00360. The Morgan fingerprint density at radius 2 is 1.92 bits per heavy atom. The quantitative estimate of drug-likeness (QED) is 0.416. The second-order valence-corrected chi connectivity index (χ2v) is 9.63. The molecule has 0 saturated carbocycles. The van der Waals surface area contributed by atoms with Crippen LogP contribution in [0.3, 0.4) is 0 Å². The molecule has 2 N–H and O–H groups in total. The molecule has 3 aromatic rings. The van der Waals surface area contributed by atoms with Crippen LogP contribution >= 0.6 is 11.6 Å². The van der Waals surface area contributed by atoms with Crippen molar-refractivity contribution < 1.29 is 37.6 Å². The van der Waals surface area contributed by atoms with Gasteiger partial charge in [-0.2, -0.15) is 0 Å². The van der Waals surface area contributed by atoms with E-state index in [-0.39, 0.29) is 29.3 Å². The van der Waals surface area contributed by atoms with E-state index in [1.807, 2.05) is 0 Å². The van der Waals surface area contributed by atoms with Crippen LogP contribution < -0.4 is 0 Å². The third kappa shape index (κ3) is 5.03. The van der Waals surface area contributed by atoms with E-state index in [1.54, 1.807) is 6.20 Å². The maximum absolute atomic E-state index is 14.5. The number of methoxy groups -OCH3 is 1. The zero-order valence-electron chi connectivity index (χ0n) is 20.2. The number of halogens is 4. The minimum atomic E-state index is -1.28. The zero-order chi connectivity index (χ0) is 27.0. The van der Waals surface area contributed by atoms with Crippen LogP contribution in [0.2, 0.25) is 5.02 Å². The van der Waals surface area contributed by atoms with Crippen molar-refractivity contribution in [1.29, 1.82) is 0 Å². The summed E-state index contributed by atoms with van der Waals surface area (Å²) >= 11 is 5.65. The van der Waals surface area contributed by atoms with Crippen molar-refractivity contribution in [2.24, 2.45) is 0 Å². The van der Waals surface area contributed by atoms with Crippen LogP contribution in [0.15, 0.2) is 24.5 Å². The maximum Gasteiger partial charge on any atom is 0.178 e. The van der Waals surface area contributed by atoms with Crippen molar-refractivity contribution in [2.45, 2.75) is 55.5 Å². The predicted molar refractivity (Wildman–Crippen MR) is 125 cm³/mol. The molecule has 2 saturated heterocycles. The topological polar surface area (TPSA) is 130 Å². The molecule has 4 heterocycles. The van der Waals surface area contributed by atoms with E-state index in [2.05, 4.69) is 20.6 Å². The first-order valence-electron chi connectivity index (χ1n) is 12.0. The molecule has 2 fully saturated rings. The summed E-state index contributed by atoms with van der Waals surface area (Å²) in [5.41, 5.74) is 0.323. The Morgan fingerprint density at radius 3 is 2.66 bits per heavy atom. The molecule has 0 bridgehead atoms. The standard InChI is InChI=1S/C23H26ClF3N6O5/c1-36-23-17(6-11-7-32(30-28-11)16-4-5-37-10-14(16)25)38-18(9-34)22(35)21(23)33-8-15(29-31-33)12-2-3-13(24)20(27)19(12)26/h2-3,7-8,14,16-18,21-23,34-35H,4-6,9-10H2,1H3/t14-,16-,17-,18-,21+,22+,23+/m1/s1. The van der Waals surface area contributed by atoms with Gasteiger partial charge < -0.3 is 24.4 Å². The molecule has 0 spiro atoms. The average Bonchev–Trinajstić information content (AvgIpc) is 3.58. The molecule has 0 amide bonds. The number of aliphatic hydroxyl groups excluding tert-OH is 2. The summed E-state index contributed by atoms with van der Waals surface area (Å²) in [4.78, 5) is 0. The number of rotatable bonds is 7. The summed E-state index contributed by atoms with van der Waals surface area (Å²) in [6.45, 7) is -0.106. The van der Waals surface area contributed by atoms with Crippen LogP contribution in [0.4, 0.5) is 13.2 Å². The number of benzene rings is 1. The minimum Gasteiger partial charge on any atom is -0.394 e. The molecule has 7 atom stereocenters. The molecule has 5 rings (SSSR count). The molecule has 206 valence electrons. The third-order valence-electron chi connectivity index (χ3n) is 6.92. The Balaban J connectivity index is 1.41. The molecular weight excluding hydrogens is 533 g/mol. The van der Waals surface area contributed by atoms with E-state index >= 15 is 0 Å². The first-order valence-corrected chi connectivity index (χ1v) is 12.4. The predicted octanol–water partition coefficient (Wildman–Crippen LogP) is 1.69. The van der Waals surface area contributed by atoms with Gasteiger partial charge >= 0.3 is 0 Å². The molecule has 1 aromatic carbocycles. The highest BCUT2D eigenvalue weighted by molar-refractivity contribution is 6.30. The van der Waals surface area contributed by atoms with Gasteiger partial charge in [0.1, 0.15) is 36.2 Å². The lowest BCUT2D eigenvalue weighted by atomic mass is 9.90. The molecule has 0 unspecified atom stereocenters. The van der Waals surface area contributed by atoms with Crippen LogP contribution in [0.25, 0.3) is 11.3 Å². The first kappa shape index (κ1) is 27.0. The number of aliphatic hydroxyl groups is 2. The normalized spacial score (nSPS) is 30.0. The number of alkyl halides is 1. The smallest absolute Gasteiger partial charge is 0.178 e. The summed E-state index contributed by atoms with van der Waals surface area (Å²) < 4.78 is 62.3. The number of hydrogen-bond donors (Lipinski definition) is 2. The van der Waals surface area contributed by atoms with Crippen LogP contribution in [0.5, 0.6) is 0 Å².